The van der Waals surface area contributed by atoms with Gasteiger partial charge in [-0.15, -0.1) is 0 Å². The lowest BCUT2D eigenvalue weighted by atomic mass is 9.83. The standard InChI is InChI=1S/C88H76N2/c1-11-89-81-43-37-67(49-75(81)77-53-71(87(5,6)7)39-45-83(77)89)61-23-19-57(20-24-61)59-27-31-63(32-28-59)85-73-41-35-70(66-18-14-16-56(4)48-66)52-80(73)86(74-42-36-69(51-79(74)85)65-17-13-15-55(3)47-65)64-33-29-60(30-34-64)58-21-25-62(26-22-58)68-38-44-82-76(50-68)78-54-72(88(8,9)10)40-46-84(78)90(82)12-2/h13-54H,11-12H2,1-10H3. The topological polar surface area (TPSA) is 9.86 Å². The van der Waals surface area contributed by atoms with E-state index in [-0.39, 0.29) is 10.8 Å². The average Bonchev–Trinajstić information content (AvgIpc) is 1.12. The van der Waals surface area contributed by atoms with Gasteiger partial charge in [0.2, 0.25) is 0 Å². The number of fused-ring (bicyclic) bond motifs is 8. The third-order valence-corrected chi connectivity index (χ3v) is 19.4. The lowest BCUT2D eigenvalue weighted by Crippen LogP contribution is -2.10. The Bertz CT molecular complexity index is 4970. The maximum absolute atomic E-state index is 2.45. The molecule has 0 unspecified atom stereocenters. The molecule has 0 radical (unpaired) electrons. The van der Waals surface area contributed by atoms with Gasteiger partial charge in [-0.25, -0.2) is 0 Å². The largest absolute Gasteiger partial charge is 0.341 e. The van der Waals surface area contributed by atoms with Crippen LogP contribution in [0.4, 0.5) is 0 Å². The van der Waals surface area contributed by atoms with Gasteiger partial charge in [-0.3, -0.25) is 0 Å². The number of aryl methyl sites for hydroxylation is 4. The molecule has 2 aromatic heterocycles. The zero-order chi connectivity index (χ0) is 61.7. The summed E-state index contributed by atoms with van der Waals surface area (Å²) in [4.78, 5) is 0. The molecule has 0 aliphatic heterocycles. The number of hydrogen-bond acceptors (Lipinski definition) is 0. The Morgan fingerprint density at radius 2 is 0.489 bits per heavy atom. The highest BCUT2D eigenvalue weighted by Gasteiger charge is 2.23. The fourth-order valence-corrected chi connectivity index (χ4v) is 14.4. The maximum Gasteiger partial charge on any atom is 0.0491 e. The Kier molecular flexibility index (Phi) is 13.8. The van der Waals surface area contributed by atoms with Gasteiger partial charge in [0.25, 0.3) is 0 Å². The van der Waals surface area contributed by atoms with Gasteiger partial charge in [0.15, 0.2) is 0 Å². The van der Waals surface area contributed by atoms with Crippen molar-refractivity contribution in [3.63, 3.8) is 0 Å². The number of nitrogens with zero attached hydrogens (tertiary/aromatic N) is 2. The Morgan fingerprint density at radius 1 is 0.233 bits per heavy atom. The molecule has 0 amide bonds. The van der Waals surface area contributed by atoms with Crippen LogP contribution < -0.4 is 0 Å². The van der Waals surface area contributed by atoms with Crippen molar-refractivity contribution in [2.24, 2.45) is 0 Å². The molecular weight excluding hydrogens is 1080 g/mol. The molecule has 13 aromatic carbocycles. The van der Waals surface area contributed by atoms with Crippen LogP contribution >= 0.6 is 0 Å². The molecule has 0 aliphatic carbocycles. The van der Waals surface area contributed by atoms with Crippen LogP contribution in [-0.4, -0.2) is 9.13 Å². The molecule has 0 saturated heterocycles. The fourth-order valence-electron chi connectivity index (χ4n) is 14.4. The van der Waals surface area contributed by atoms with Crippen molar-refractivity contribution in [3.8, 4) is 89.0 Å². The lowest BCUT2D eigenvalue weighted by Gasteiger charge is -2.20. The Morgan fingerprint density at radius 3 is 0.811 bits per heavy atom. The summed E-state index contributed by atoms with van der Waals surface area (Å²) in [6.45, 7) is 24.5. The fraction of sp³-hybridized carbons (Fsp3) is 0.159. The van der Waals surface area contributed by atoms with Crippen molar-refractivity contribution in [2.45, 2.75) is 93.2 Å². The van der Waals surface area contributed by atoms with Crippen LogP contribution in [0.5, 0.6) is 0 Å². The minimum absolute atomic E-state index is 0.0733. The van der Waals surface area contributed by atoms with Crippen LogP contribution in [0, 0.1) is 13.8 Å². The summed E-state index contributed by atoms with van der Waals surface area (Å²) in [5.74, 6) is 0. The molecule has 0 bridgehead atoms. The number of rotatable bonds is 10. The smallest absolute Gasteiger partial charge is 0.0491 e. The van der Waals surface area contributed by atoms with Crippen LogP contribution in [0.1, 0.15) is 77.6 Å². The zero-order valence-corrected chi connectivity index (χ0v) is 53.6. The molecule has 15 aromatic rings. The van der Waals surface area contributed by atoms with Crippen molar-refractivity contribution in [3.05, 3.63) is 277 Å². The molecule has 0 saturated carbocycles. The molecule has 0 atom stereocenters. The Hall–Kier alpha value is -10.0. The molecule has 438 valence electrons. The van der Waals surface area contributed by atoms with Crippen molar-refractivity contribution < 1.29 is 0 Å². The van der Waals surface area contributed by atoms with Crippen LogP contribution in [0.25, 0.3) is 154 Å². The van der Waals surface area contributed by atoms with Gasteiger partial charge >= 0.3 is 0 Å². The summed E-state index contributed by atoms with van der Waals surface area (Å²) < 4.78 is 4.91. The first-order chi connectivity index (χ1) is 43.6. The Labute approximate surface area is 530 Å². The second-order valence-electron chi connectivity index (χ2n) is 27.2. The van der Waals surface area contributed by atoms with Gasteiger partial charge in [0, 0.05) is 56.7 Å². The number of benzene rings is 13. The molecule has 2 heterocycles. The summed E-state index contributed by atoms with van der Waals surface area (Å²) in [5.41, 5.74) is 29.9. The third-order valence-electron chi connectivity index (χ3n) is 19.4. The molecule has 2 nitrogen and oxygen atoms in total. The van der Waals surface area contributed by atoms with Gasteiger partial charge < -0.3 is 9.13 Å². The number of aromatic nitrogens is 2. The van der Waals surface area contributed by atoms with E-state index in [4.69, 9.17) is 0 Å². The van der Waals surface area contributed by atoms with E-state index in [1.54, 1.807) is 0 Å². The highest BCUT2D eigenvalue weighted by Crippen LogP contribution is 2.48. The van der Waals surface area contributed by atoms with Crippen molar-refractivity contribution in [2.75, 3.05) is 0 Å². The summed E-state index contributed by atoms with van der Waals surface area (Å²) in [7, 11) is 0. The van der Waals surface area contributed by atoms with Gasteiger partial charge in [-0.2, -0.15) is 0 Å². The normalized spacial score (nSPS) is 12.2. The summed E-state index contributed by atoms with van der Waals surface area (Å²) in [6, 6.07) is 97.3. The van der Waals surface area contributed by atoms with Crippen LogP contribution in [0.15, 0.2) is 255 Å². The van der Waals surface area contributed by atoms with Gasteiger partial charge in [-0.1, -0.05) is 247 Å². The van der Waals surface area contributed by atoms with Crippen LogP contribution in [-0.2, 0) is 23.9 Å². The minimum atomic E-state index is 0.0733. The molecule has 0 spiro atoms. The molecular formula is C88H76N2. The minimum Gasteiger partial charge on any atom is -0.341 e. The van der Waals surface area contributed by atoms with E-state index >= 15 is 0 Å². The summed E-state index contributed by atoms with van der Waals surface area (Å²) >= 11 is 0. The first-order valence-corrected chi connectivity index (χ1v) is 32.3. The summed E-state index contributed by atoms with van der Waals surface area (Å²) in [5, 5.41) is 10.2. The van der Waals surface area contributed by atoms with E-state index in [1.165, 1.54) is 176 Å². The summed E-state index contributed by atoms with van der Waals surface area (Å²) in [6.07, 6.45) is 0. The SMILES string of the molecule is CCn1c2ccc(-c3ccc(-c4ccc(-c5c6ccc(-c7cccc(C)c7)cc6c(-c6ccc(-c7ccc(-c8ccc9c(c8)c8cc(C(C)(C)C)ccc8n9CC)cc7)cc6)c6ccc(-c7cccc(C)c7)cc56)cc4)cc3)cc2c2cc(C(C)(C)C)ccc21. The van der Waals surface area contributed by atoms with Crippen molar-refractivity contribution >= 4 is 65.2 Å². The van der Waals surface area contributed by atoms with Gasteiger partial charge in [-0.05, 0) is 221 Å². The van der Waals surface area contributed by atoms with Gasteiger partial charge in [0.05, 0.1) is 0 Å². The molecule has 0 N–H and O–H groups in total. The average molecular weight is 1160 g/mol. The highest BCUT2D eigenvalue weighted by atomic mass is 15.0. The van der Waals surface area contributed by atoms with Crippen molar-refractivity contribution in [1.82, 2.24) is 9.13 Å². The van der Waals surface area contributed by atoms with E-state index in [9.17, 15) is 0 Å². The highest BCUT2D eigenvalue weighted by molar-refractivity contribution is 6.23. The predicted molar refractivity (Wildman–Crippen MR) is 389 cm³/mol. The predicted octanol–water partition coefficient (Wildman–Crippen LogP) is 24.8. The van der Waals surface area contributed by atoms with Crippen LogP contribution in [0.2, 0.25) is 0 Å². The van der Waals surface area contributed by atoms with Crippen molar-refractivity contribution in [1.29, 1.82) is 0 Å². The van der Waals surface area contributed by atoms with Gasteiger partial charge in [0.1, 0.15) is 0 Å². The molecule has 15 rings (SSSR count). The molecule has 0 aliphatic rings. The second-order valence-corrected chi connectivity index (χ2v) is 27.2. The van der Waals surface area contributed by atoms with Crippen LogP contribution in [0.3, 0.4) is 0 Å². The van der Waals surface area contributed by atoms with E-state index in [0.717, 1.165) is 13.1 Å². The number of hydrogen-bond donors (Lipinski definition) is 0. The third kappa shape index (κ3) is 9.91. The maximum atomic E-state index is 2.45. The molecule has 0 fully saturated rings. The quantitative estimate of drug-likeness (QED) is 0.121. The van der Waals surface area contributed by atoms with E-state index in [0.29, 0.717) is 0 Å². The monoisotopic (exact) mass is 1160 g/mol. The molecule has 2 heteroatoms. The first-order valence-electron chi connectivity index (χ1n) is 32.3. The van der Waals surface area contributed by atoms with E-state index in [1.807, 2.05) is 0 Å². The molecule has 90 heavy (non-hydrogen) atoms. The van der Waals surface area contributed by atoms with E-state index in [2.05, 4.69) is 333 Å². The zero-order valence-electron chi connectivity index (χ0n) is 53.6. The first kappa shape index (κ1) is 56.5. The Balaban J connectivity index is 0.812. The lowest BCUT2D eigenvalue weighted by molar-refractivity contribution is 0.591. The van der Waals surface area contributed by atoms with E-state index < -0.39 is 0 Å². The second kappa shape index (κ2) is 21.9.